The molecule has 1 aliphatic heterocycles. The van der Waals surface area contributed by atoms with Crippen molar-refractivity contribution in [2.45, 2.75) is 12.5 Å². The van der Waals surface area contributed by atoms with E-state index in [0.717, 1.165) is 6.42 Å². The third-order valence-corrected chi connectivity index (χ3v) is 2.84. The van der Waals surface area contributed by atoms with E-state index in [4.69, 9.17) is 4.74 Å². The number of hydrogen-bond donors (Lipinski definition) is 0. The van der Waals surface area contributed by atoms with Gasteiger partial charge in [0.05, 0.1) is 6.10 Å². The first kappa shape index (κ1) is 11.1. The van der Waals surface area contributed by atoms with Gasteiger partial charge in [-0.25, -0.2) is 4.39 Å². The van der Waals surface area contributed by atoms with E-state index in [1.807, 2.05) is 0 Å². The van der Waals surface area contributed by atoms with Crippen LogP contribution in [0.3, 0.4) is 0 Å². The lowest BCUT2D eigenvalue weighted by Gasteiger charge is -2.16. The number of amides is 1. The number of carbonyl (C=O) groups excluding carboxylic acids is 1. The smallest absolute Gasteiger partial charge is 0.254 e. The molecule has 0 aromatic heterocycles. The third-order valence-electron chi connectivity index (χ3n) is 2.84. The molecule has 1 unspecified atom stereocenters. The van der Waals surface area contributed by atoms with Gasteiger partial charge in [-0.05, 0) is 24.6 Å². The second kappa shape index (κ2) is 4.61. The summed E-state index contributed by atoms with van der Waals surface area (Å²) >= 11 is 0. The summed E-state index contributed by atoms with van der Waals surface area (Å²) in [6.45, 7) is 1.26. The molecule has 1 aliphatic rings. The van der Waals surface area contributed by atoms with E-state index in [2.05, 4.69) is 0 Å². The van der Waals surface area contributed by atoms with Crippen molar-refractivity contribution >= 4 is 5.91 Å². The molecule has 1 fully saturated rings. The Labute approximate surface area is 93.8 Å². The van der Waals surface area contributed by atoms with E-state index in [1.54, 1.807) is 24.1 Å². The summed E-state index contributed by atoms with van der Waals surface area (Å²) < 4.78 is 18.1. The standard InChI is InChI=1S/C12H14FNO2/c1-16-11-5-6-14(8-11)12(15)9-3-2-4-10(13)7-9/h2-4,7,11H,5-6,8H2,1H3. The van der Waals surface area contributed by atoms with Gasteiger partial charge in [0.25, 0.3) is 5.91 Å². The molecule has 0 spiro atoms. The van der Waals surface area contributed by atoms with Crippen LogP contribution in [0.15, 0.2) is 24.3 Å². The van der Waals surface area contributed by atoms with E-state index >= 15 is 0 Å². The quantitative estimate of drug-likeness (QED) is 0.763. The van der Waals surface area contributed by atoms with Crippen LogP contribution in [0.4, 0.5) is 4.39 Å². The van der Waals surface area contributed by atoms with Crippen molar-refractivity contribution in [2.75, 3.05) is 20.2 Å². The van der Waals surface area contributed by atoms with Crippen molar-refractivity contribution in [2.24, 2.45) is 0 Å². The molecule has 0 aliphatic carbocycles. The highest BCUT2D eigenvalue weighted by atomic mass is 19.1. The molecule has 1 heterocycles. The number of rotatable bonds is 2. The van der Waals surface area contributed by atoms with Gasteiger partial charge in [-0.15, -0.1) is 0 Å². The summed E-state index contributed by atoms with van der Waals surface area (Å²) in [6, 6.07) is 5.78. The molecule has 1 aromatic carbocycles. The monoisotopic (exact) mass is 223 g/mol. The Morgan fingerprint density at radius 1 is 1.56 bits per heavy atom. The first-order chi connectivity index (χ1) is 7.70. The zero-order chi connectivity index (χ0) is 11.5. The largest absolute Gasteiger partial charge is 0.380 e. The van der Waals surface area contributed by atoms with Crippen LogP contribution in [-0.4, -0.2) is 37.1 Å². The lowest BCUT2D eigenvalue weighted by atomic mass is 10.2. The number of methoxy groups -OCH3 is 1. The van der Waals surface area contributed by atoms with Gasteiger partial charge < -0.3 is 9.64 Å². The van der Waals surface area contributed by atoms with Crippen LogP contribution in [0.1, 0.15) is 16.8 Å². The van der Waals surface area contributed by atoms with Crippen LogP contribution in [0.5, 0.6) is 0 Å². The van der Waals surface area contributed by atoms with Gasteiger partial charge in [-0.3, -0.25) is 4.79 Å². The lowest BCUT2D eigenvalue weighted by Crippen LogP contribution is -2.29. The fourth-order valence-electron chi connectivity index (χ4n) is 1.91. The van der Waals surface area contributed by atoms with Crippen LogP contribution >= 0.6 is 0 Å². The van der Waals surface area contributed by atoms with Crippen molar-refractivity contribution < 1.29 is 13.9 Å². The zero-order valence-corrected chi connectivity index (χ0v) is 9.15. The predicted molar refractivity (Wildman–Crippen MR) is 57.7 cm³/mol. The van der Waals surface area contributed by atoms with Crippen LogP contribution < -0.4 is 0 Å². The molecule has 16 heavy (non-hydrogen) atoms. The Morgan fingerprint density at radius 3 is 3.00 bits per heavy atom. The molecule has 1 amide bonds. The summed E-state index contributed by atoms with van der Waals surface area (Å²) in [5.41, 5.74) is 0.400. The third kappa shape index (κ3) is 2.22. The predicted octanol–water partition coefficient (Wildman–Crippen LogP) is 1.69. The van der Waals surface area contributed by atoms with E-state index < -0.39 is 0 Å². The van der Waals surface area contributed by atoms with Crippen LogP contribution in [-0.2, 0) is 4.74 Å². The highest BCUT2D eigenvalue weighted by Crippen LogP contribution is 2.15. The maximum absolute atomic E-state index is 13.0. The summed E-state index contributed by atoms with van der Waals surface area (Å²) in [4.78, 5) is 13.7. The molecule has 0 bridgehead atoms. The van der Waals surface area contributed by atoms with E-state index in [1.165, 1.54) is 12.1 Å². The van der Waals surface area contributed by atoms with Crippen molar-refractivity contribution in [3.63, 3.8) is 0 Å². The number of benzene rings is 1. The minimum absolute atomic E-state index is 0.109. The van der Waals surface area contributed by atoms with E-state index in [9.17, 15) is 9.18 Å². The second-order valence-corrected chi connectivity index (χ2v) is 3.91. The van der Waals surface area contributed by atoms with E-state index in [-0.39, 0.29) is 17.8 Å². The number of halogens is 1. The average molecular weight is 223 g/mol. The van der Waals surface area contributed by atoms with E-state index in [0.29, 0.717) is 18.7 Å². The molecule has 86 valence electrons. The van der Waals surface area contributed by atoms with Gasteiger partial charge in [0.1, 0.15) is 5.82 Å². The molecule has 0 saturated carbocycles. The van der Waals surface area contributed by atoms with Gasteiger partial charge in [0, 0.05) is 25.8 Å². The maximum Gasteiger partial charge on any atom is 0.254 e. The number of carbonyl (C=O) groups is 1. The zero-order valence-electron chi connectivity index (χ0n) is 9.15. The van der Waals surface area contributed by atoms with Crippen molar-refractivity contribution in [1.82, 2.24) is 4.90 Å². The molecule has 1 saturated heterocycles. The summed E-state index contributed by atoms with van der Waals surface area (Å²) in [6.07, 6.45) is 0.954. The normalized spacial score (nSPS) is 20.1. The number of likely N-dealkylation sites (tertiary alicyclic amines) is 1. The fraction of sp³-hybridized carbons (Fsp3) is 0.417. The molecule has 1 aromatic rings. The van der Waals surface area contributed by atoms with Crippen LogP contribution in [0.2, 0.25) is 0 Å². The number of ether oxygens (including phenoxy) is 1. The van der Waals surface area contributed by atoms with Gasteiger partial charge >= 0.3 is 0 Å². The maximum atomic E-state index is 13.0. The first-order valence-electron chi connectivity index (χ1n) is 5.28. The van der Waals surface area contributed by atoms with Gasteiger partial charge in [0.15, 0.2) is 0 Å². The molecular formula is C12H14FNO2. The summed E-state index contributed by atoms with van der Waals surface area (Å²) in [7, 11) is 1.64. The minimum atomic E-state index is -0.381. The Balaban J connectivity index is 2.08. The minimum Gasteiger partial charge on any atom is -0.380 e. The molecule has 3 nitrogen and oxygen atoms in total. The Morgan fingerprint density at radius 2 is 2.38 bits per heavy atom. The Bertz CT molecular complexity index is 394. The summed E-state index contributed by atoms with van der Waals surface area (Å²) in [5, 5.41) is 0. The highest BCUT2D eigenvalue weighted by molar-refractivity contribution is 5.94. The van der Waals surface area contributed by atoms with Crippen molar-refractivity contribution in [3.8, 4) is 0 Å². The molecule has 4 heteroatoms. The topological polar surface area (TPSA) is 29.5 Å². The first-order valence-corrected chi connectivity index (χ1v) is 5.28. The van der Waals surface area contributed by atoms with Gasteiger partial charge in [-0.1, -0.05) is 6.07 Å². The highest BCUT2D eigenvalue weighted by Gasteiger charge is 2.26. The van der Waals surface area contributed by atoms with Crippen LogP contribution in [0, 0.1) is 5.82 Å². The van der Waals surface area contributed by atoms with Crippen LogP contribution in [0.25, 0.3) is 0 Å². The van der Waals surface area contributed by atoms with Gasteiger partial charge in [0.2, 0.25) is 0 Å². The Kier molecular flexibility index (Phi) is 3.19. The summed E-state index contributed by atoms with van der Waals surface area (Å²) in [5.74, 6) is -0.507. The second-order valence-electron chi connectivity index (χ2n) is 3.91. The average Bonchev–Trinajstić information content (AvgIpc) is 2.76. The van der Waals surface area contributed by atoms with Gasteiger partial charge in [-0.2, -0.15) is 0 Å². The lowest BCUT2D eigenvalue weighted by molar-refractivity contribution is 0.0724. The Hall–Kier alpha value is -1.42. The molecule has 2 rings (SSSR count). The molecular weight excluding hydrogens is 209 g/mol. The number of nitrogens with zero attached hydrogens (tertiary/aromatic N) is 1. The molecule has 0 N–H and O–H groups in total. The van der Waals surface area contributed by atoms with Crippen molar-refractivity contribution in [1.29, 1.82) is 0 Å². The fourth-order valence-corrected chi connectivity index (χ4v) is 1.91. The number of hydrogen-bond acceptors (Lipinski definition) is 2. The van der Waals surface area contributed by atoms with Crippen molar-refractivity contribution in [3.05, 3.63) is 35.6 Å². The SMILES string of the molecule is COC1CCN(C(=O)c2cccc(F)c2)C1. The molecule has 0 radical (unpaired) electrons. The molecule has 1 atom stereocenters.